The summed E-state index contributed by atoms with van der Waals surface area (Å²) < 4.78 is 39.1. The third-order valence-corrected chi connectivity index (χ3v) is 3.11. The predicted molar refractivity (Wildman–Crippen MR) is 73.8 cm³/mol. The Morgan fingerprint density at radius 2 is 1.91 bits per heavy atom. The van der Waals surface area contributed by atoms with E-state index in [9.17, 15) is 18.3 Å². The molecule has 0 bridgehead atoms. The van der Waals surface area contributed by atoms with Crippen LogP contribution >= 0.6 is 0 Å². The lowest BCUT2D eigenvalue weighted by molar-refractivity contribution is -0.141. The van der Waals surface area contributed by atoms with Crippen molar-refractivity contribution in [3.05, 3.63) is 48.0 Å². The van der Waals surface area contributed by atoms with Crippen LogP contribution in [0.25, 0.3) is 16.9 Å². The van der Waals surface area contributed by atoms with Gasteiger partial charge >= 0.3 is 6.18 Å². The molecule has 0 aliphatic rings. The third-order valence-electron chi connectivity index (χ3n) is 3.11. The van der Waals surface area contributed by atoms with Gasteiger partial charge in [-0.1, -0.05) is 16.8 Å². The van der Waals surface area contributed by atoms with Crippen molar-refractivity contribution in [3.8, 4) is 22.8 Å². The lowest BCUT2D eigenvalue weighted by Gasteiger charge is -2.09. The first-order valence-electron chi connectivity index (χ1n) is 6.46. The van der Waals surface area contributed by atoms with Gasteiger partial charge < -0.3 is 5.11 Å². The van der Waals surface area contributed by atoms with Gasteiger partial charge in [0.25, 0.3) is 0 Å². The number of hydrogen-bond acceptors (Lipinski definition) is 5. The molecule has 3 aromatic rings. The highest BCUT2D eigenvalue weighted by atomic mass is 19.4. The Bertz CT molecular complexity index is 860. The Balaban J connectivity index is 2.15. The fraction of sp³-hybridized carbons (Fsp3) is 0.143. The largest absolute Gasteiger partial charge is 0.493 e. The first-order valence-corrected chi connectivity index (χ1v) is 6.46. The number of alkyl halides is 3. The molecule has 0 radical (unpaired) electrons. The summed E-state index contributed by atoms with van der Waals surface area (Å²) >= 11 is 0. The molecule has 0 unspecified atom stereocenters. The van der Waals surface area contributed by atoms with Gasteiger partial charge in [-0.3, -0.25) is 0 Å². The van der Waals surface area contributed by atoms with E-state index in [0.717, 1.165) is 16.4 Å². The molecular weight excluding hydrogens is 311 g/mol. The molecule has 2 heterocycles. The maximum atomic E-state index is 12.7. The fourth-order valence-corrected chi connectivity index (χ4v) is 2.06. The van der Waals surface area contributed by atoms with Crippen molar-refractivity contribution in [2.75, 3.05) is 0 Å². The van der Waals surface area contributed by atoms with E-state index in [-0.39, 0.29) is 5.88 Å². The number of aromatic hydroxyl groups is 1. The molecule has 0 aliphatic heterocycles. The van der Waals surface area contributed by atoms with Crippen molar-refractivity contribution in [2.45, 2.75) is 13.1 Å². The molecule has 2 aromatic heterocycles. The minimum absolute atomic E-state index is 0.239. The van der Waals surface area contributed by atoms with E-state index >= 15 is 0 Å². The quantitative estimate of drug-likeness (QED) is 0.785. The molecule has 0 saturated carbocycles. The minimum atomic E-state index is -4.57. The smallest absolute Gasteiger partial charge is 0.436 e. The van der Waals surface area contributed by atoms with Crippen LogP contribution in [0.15, 0.2) is 36.8 Å². The zero-order valence-corrected chi connectivity index (χ0v) is 11.8. The summed E-state index contributed by atoms with van der Waals surface area (Å²) in [7, 11) is 0. The van der Waals surface area contributed by atoms with Gasteiger partial charge in [0, 0.05) is 11.6 Å². The average molecular weight is 321 g/mol. The fourth-order valence-electron chi connectivity index (χ4n) is 2.06. The van der Waals surface area contributed by atoms with Gasteiger partial charge in [-0.25, -0.2) is 14.6 Å². The van der Waals surface area contributed by atoms with Gasteiger partial charge in [-0.05, 0) is 19.1 Å². The van der Waals surface area contributed by atoms with Crippen molar-refractivity contribution in [2.24, 2.45) is 0 Å². The van der Waals surface area contributed by atoms with E-state index < -0.39 is 11.9 Å². The zero-order chi connectivity index (χ0) is 16.6. The number of rotatable bonds is 2. The van der Waals surface area contributed by atoms with E-state index in [2.05, 4.69) is 20.3 Å². The Kier molecular flexibility index (Phi) is 3.47. The van der Waals surface area contributed by atoms with Gasteiger partial charge in [0.05, 0.1) is 17.6 Å². The summed E-state index contributed by atoms with van der Waals surface area (Å²) in [5.74, 6) is -0.239. The summed E-state index contributed by atoms with van der Waals surface area (Å²) in [4.78, 5) is 7.63. The molecule has 3 rings (SSSR count). The van der Waals surface area contributed by atoms with Crippen molar-refractivity contribution in [1.82, 2.24) is 25.0 Å². The average Bonchev–Trinajstić information content (AvgIpc) is 2.97. The molecule has 0 fully saturated rings. The highest BCUT2D eigenvalue weighted by Crippen LogP contribution is 2.30. The van der Waals surface area contributed by atoms with Crippen LogP contribution in [0.2, 0.25) is 0 Å². The maximum Gasteiger partial charge on any atom is 0.436 e. The van der Waals surface area contributed by atoms with Crippen LogP contribution in [0.1, 0.15) is 11.3 Å². The summed E-state index contributed by atoms with van der Waals surface area (Å²) in [6, 6.07) is 6.39. The standard InChI is InChI=1S/C14H10F3N5O/c1-8-2-3-11(22-6-12(20-21-22)14(15,16)17)9(4-8)10-5-13(23)19-7-18-10/h2-7H,1H3,(H,18,19,23). The number of halogens is 3. The predicted octanol–water partition coefficient (Wildman–Crippen LogP) is 2.76. The van der Waals surface area contributed by atoms with Crippen molar-refractivity contribution >= 4 is 0 Å². The van der Waals surface area contributed by atoms with Crippen molar-refractivity contribution < 1.29 is 18.3 Å². The van der Waals surface area contributed by atoms with Gasteiger partial charge in [-0.15, -0.1) is 5.10 Å². The van der Waals surface area contributed by atoms with Crippen LogP contribution in [-0.4, -0.2) is 30.1 Å². The normalized spacial score (nSPS) is 11.7. The van der Waals surface area contributed by atoms with Crippen LogP contribution in [0, 0.1) is 6.92 Å². The highest BCUT2D eigenvalue weighted by molar-refractivity contribution is 5.71. The first-order chi connectivity index (χ1) is 10.8. The van der Waals surface area contributed by atoms with Crippen LogP contribution < -0.4 is 0 Å². The Morgan fingerprint density at radius 3 is 2.57 bits per heavy atom. The van der Waals surface area contributed by atoms with E-state index in [0.29, 0.717) is 16.9 Å². The van der Waals surface area contributed by atoms with E-state index in [1.54, 1.807) is 18.2 Å². The van der Waals surface area contributed by atoms with Crippen LogP contribution in [-0.2, 0) is 6.18 Å². The molecule has 0 amide bonds. The SMILES string of the molecule is Cc1ccc(-n2cc(C(F)(F)F)nn2)c(-c2cc(O)ncn2)c1. The Hall–Kier alpha value is -2.97. The lowest BCUT2D eigenvalue weighted by Crippen LogP contribution is -2.05. The number of nitrogens with zero attached hydrogens (tertiary/aromatic N) is 5. The first kappa shape index (κ1) is 14.9. The number of aryl methyl sites for hydroxylation is 1. The van der Waals surface area contributed by atoms with E-state index in [1.807, 2.05) is 6.92 Å². The highest BCUT2D eigenvalue weighted by Gasteiger charge is 2.34. The van der Waals surface area contributed by atoms with Crippen LogP contribution in [0.4, 0.5) is 13.2 Å². The van der Waals surface area contributed by atoms with Gasteiger partial charge in [-0.2, -0.15) is 13.2 Å². The molecule has 0 aliphatic carbocycles. The molecule has 9 heteroatoms. The third kappa shape index (κ3) is 2.98. The molecule has 1 aromatic carbocycles. The van der Waals surface area contributed by atoms with E-state index in [1.165, 1.54) is 12.4 Å². The summed E-state index contributed by atoms with van der Waals surface area (Å²) in [6.07, 6.45) is -2.61. The Morgan fingerprint density at radius 1 is 1.13 bits per heavy atom. The summed E-state index contributed by atoms with van der Waals surface area (Å²) in [5.41, 5.74) is 1.01. The van der Waals surface area contributed by atoms with Gasteiger partial charge in [0.15, 0.2) is 5.69 Å². The number of aromatic nitrogens is 5. The van der Waals surface area contributed by atoms with Crippen molar-refractivity contribution in [1.29, 1.82) is 0 Å². The van der Waals surface area contributed by atoms with Gasteiger partial charge in [0.2, 0.25) is 5.88 Å². The molecule has 118 valence electrons. The molecule has 0 atom stereocenters. The molecular formula is C14H10F3N5O. The number of benzene rings is 1. The monoisotopic (exact) mass is 321 g/mol. The molecule has 23 heavy (non-hydrogen) atoms. The van der Waals surface area contributed by atoms with Crippen LogP contribution in [0.5, 0.6) is 5.88 Å². The topological polar surface area (TPSA) is 76.7 Å². The second-order valence-corrected chi connectivity index (χ2v) is 4.83. The van der Waals surface area contributed by atoms with Gasteiger partial charge in [0.1, 0.15) is 6.33 Å². The zero-order valence-electron chi connectivity index (χ0n) is 11.8. The second kappa shape index (κ2) is 5.34. The maximum absolute atomic E-state index is 12.7. The molecule has 1 N–H and O–H groups in total. The molecule has 0 spiro atoms. The lowest BCUT2D eigenvalue weighted by atomic mass is 10.1. The van der Waals surface area contributed by atoms with Crippen LogP contribution in [0.3, 0.4) is 0 Å². The molecule has 6 nitrogen and oxygen atoms in total. The van der Waals surface area contributed by atoms with Crippen molar-refractivity contribution in [3.63, 3.8) is 0 Å². The summed E-state index contributed by atoms with van der Waals surface area (Å²) in [6.45, 7) is 1.83. The molecule has 0 saturated heterocycles. The summed E-state index contributed by atoms with van der Waals surface area (Å²) in [5, 5.41) is 16.2. The van der Waals surface area contributed by atoms with E-state index in [4.69, 9.17) is 0 Å². The Labute approximate surface area is 128 Å². The second-order valence-electron chi connectivity index (χ2n) is 4.83. The minimum Gasteiger partial charge on any atom is -0.493 e. The number of hydrogen-bond donors (Lipinski definition) is 1.